The second-order valence-electron chi connectivity index (χ2n) is 12.0. The predicted octanol–water partition coefficient (Wildman–Crippen LogP) is 10.5. The Labute approximate surface area is 326 Å². The van der Waals surface area contributed by atoms with E-state index in [2.05, 4.69) is 50.5 Å². The molecule has 0 fully saturated rings. The zero-order valence-corrected chi connectivity index (χ0v) is 30.5. The Morgan fingerprint density at radius 3 is 1.19 bits per heavy atom. The van der Waals surface area contributed by atoms with Crippen molar-refractivity contribution in [2.24, 2.45) is 0 Å². The number of nitrogens with zero attached hydrogens (tertiary/aromatic N) is 8. The molecule has 54 heavy (non-hydrogen) atoms. The maximum absolute atomic E-state index is 5.96. The van der Waals surface area contributed by atoms with Crippen LogP contribution >= 0.6 is 46.4 Å². The molecule has 0 aliphatic carbocycles. The Morgan fingerprint density at radius 1 is 0.407 bits per heavy atom. The van der Waals surface area contributed by atoms with Crippen LogP contribution in [0.1, 0.15) is 22.8 Å². The molecule has 7 heterocycles. The van der Waals surface area contributed by atoms with E-state index in [0.29, 0.717) is 0 Å². The summed E-state index contributed by atoms with van der Waals surface area (Å²) in [5.41, 5.74) is 12.0. The molecule has 5 aromatic heterocycles. The molecule has 8 bridgehead atoms. The number of aromatic nitrogens is 10. The maximum Gasteiger partial charge on any atom is 0.232 e. The van der Waals surface area contributed by atoms with Crippen LogP contribution in [0.5, 0.6) is 0 Å². The number of benzene rings is 2. The van der Waals surface area contributed by atoms with Gasteiger partial charge in [-0.25, -0.2) is 9.97 Å². The van der Waals surface area contributed by atoms with Gasteiger partial charge < -0.3 is 20.6 Å². The molecule has 12 nitrogen and oxygen atoms in total. The van der Waals surface area contributed by atoms with E-state index >= 15 is 0 Å². The molecule has 0 spiro atoms. The minimum absolute atomic E-state index is 0.00231. The number of aromatic amines is 2. The first kappa shape index (κ1) is 33.6. The lowest BCUT2D eigenvalue weighted by Crippen LogP contribution is -1.99. The Balaban J connectivity index is 1.13. The molecule has 0 amide bonds. The van der Waals surface area contributed by atoms with Crippen LogP contribution in [0.2, 0.25) is 21.1 Å². The van der Waals surface area contributed by atoms with Crippen molar-refractivity contribution in [2.75, 3.05) is 10.6 Å². The van der Waals surface area contributed by atoms with E-state index in [0.717, 1.165) is 78.5 Å². The van der Waals surface area contributed by atoms with E-state index in [-0.39, 0.29) is 33.0 Å². The topological polar surface area (TPSA) is 159 Å². The molecule has 0 saturated heterocycles. The summed E-state index contributed by atoms with van der Waals surface area (Å²) in [5, 5.41) is 6.25. The molecular weight excluding hydrogens is 766 g/mol. The third-order valence-electron chi connectivity index (χ3n) is 8.42. The summed E-state index contributed by atoms with van der Waals surface area (Å²) < 4.78 is 0. The minimum Gasteiger partial charge on any atom is -0.355 e. The second kappa shape index (κ2) is 14.0. The number of H-pyrrole nitrogens is 2. The molecule has 9 rings (SSSR count). The quantitative estimate of drug-likeness (QED) is 0.128. The number of nitrogens with one attached hydrogen (secondary N) is 4. The van der Waals surface area contributed by atoms with Crippen LogP contribution in [-0.4, -0.2) is 49.8 Å². The SMILES string of the molecule is Clc1nc(Cl)nc(Nc2ccc(-c3c4nc(cc5ccc([nH]5)c(-c5ccc(Nc6nc(Cl)nc(Cl)n6)cc5)c5nc(cc6ccc3[nH]6)C=C5)C=C4)cc2)n1. The number of rotatable bonds is 6. The zero-order valence-electron chi connectivity index (χ0n) is 27.5. The fourth-order valence-corrected chi connectivity index (χ4v) is 6.87. The van der Waals surface area contributed by atoms with Crippen LogP contribution in [0, 0.1) is 0 Å². The van der Waals surface area contributed by atoms with Crippen LogP contribution in [0.4, 0.5) is 23.3 Å². The van der Waals surface area contributed by atoms with Crippen LogP contribution in [0.25, 0.3) is 68.6 Å². The van der Waals surface area contributed by atoms with Crippen molar-refractivity contribution in [3.8, 4) is 22.3 Å². The van der Waals surface area contributed by atoms with Gasteiger partial charge in [0.25, 0.3) is 0 Å². The normalized spacial score (nSPS) is 11.9. The van der Waals surface area contributed by atoms with Crippen LogP contribution in [0.15, 0.2) is 84.9 Å². The fourth-order valence-electron chi connectivity index (χ4n) is 6.14. The number of anilines is 4. The van der Waals surface area contributed by atoms with Gasteiger partial charge in [-0.3, -0.25) is 0 Å². The lowest BCUT2D eigenvalue weighted by Gasteiger charge is -2.08. The average Bonchev–Trinajstić information content (AvgIpc) is 3.96. The fraction of sp³-hybridized carbons (Fsp3) is 0. The van der Waals surface area contributed by atoms with E-state index in [1.54, 1.807) is 0 Å². The van der Waals surface area contributed by atoms with E-state index in [1.165, 1.54) is 0 Å². The highest BCUT2D eigenvalue weighted by Crippen LogP contribution is 2.34. The van der Waals surface area contributed by atoms with Crippen molar-refractivity contribution in [1.29, 1.82) is 0 Å². The van der Waals surface area contributed by atoms with Gasteiger partial charge in [-0.2, -0.15) is 29.9 Å². The van der Waals surface area contributed by atoms with Crippen LogP contribution in [-0.2, 0) is 0 Å². The van der Waals surface area contributed by atoms with Gasteiger partial charge in [-0.15, -0.1) is 0 Å². The van der Waals surface area contributed by atoms with Gasteiger partial charge in [0.2, 0.25) is 33.0 Å². The molecule has 0 unspecified atom stereocenters. The predicted molar refractivity (Wildman–Crippen MR) is 216 cm³/mol. The summed E-state index contributed by atoms with van der Waals surface area (Å²) in [7, 11) is 0. The highest BCUT2D eigenvalue weighted by Gasteiger charge is 2.14. The number of hydrogen-bond acceptors (Lipinski definition) is 10. The number of hydrogen-bond donors (Lipinski definition) is 4. The standard InChI is InChI=1S/C38H22Cl4N12/c39-33-49-34(40)52-37(51-33)47-21-5-1-19(2-6-21)31-27-13-9-23(43-27)17-25-11-15-29(45-25)32(30-16-12-26(46-30)18-24-10-14-28(31)44-24)20-3-7-22(8-4-20)48-38-53-35(41)50-36(42)54-38/h1-18,43,46H,(H,47,49,51,52)(H,48,50,53,54). The maximum atomic E-state index is 5.96. The van der Waals surface area contributed by atoms with Crippen molar-refractivity contribution >= 4 is 116 Å². The average molecular weight is 788 g/mol. The van der Waals surface area contributed by atoms with Crippen molar-refractivity contribution in [3.63, 3.8) is 0 Å². The van der Waals surface area contributed by atoms with E-state index < -0.39 is 0 Å². The van der Waals surface area contributed by atoms with Gasteiger partial charge in [0.15, 0.2) is 0 Å². The first-order chi connectivity index (χ1) is 26.3. The molecule has 2 aliphatic heterocycles. The number of fused-ring (bicyclic) bond motifs is 8. The Hall–Kier alpha value is -6.18. The second-order valence-corrected chi connectivity index (χ2v) is 13.4. The lowest BCUT2D eigenvalue weighted by atomic mass is 10.0. The summed E-state index contributed by atoms with van der Waals surface area (Å²) in [5.74, 6) is 0.489. The van der Waals surface area contributed by atoms with Gasteiger partial charge in [0, 0.05) is 44.6 Å². The molecule has 2 aliphatic rings. The summed E-state index contributed by atoms with van der Waals surface area (Å²) in [6.45, 7) is 0. The van der Waals surface area contributed by atoms with Gasteiger partial charge in [0.1, 0.15) is 0 Å². The molecule has 0 saturated carbocycles. The third kappa shape index (κ3) is 7.10. The van der Waals surface area contributed by atoms with Gasteiger partial charge in [-0.05, 0) is 142 Å². The zero-order chi connectivity index (χ0) is 36.8. The third-order valence-corrected chi connectivity index (χ3v) is 9.10. The molecular formula is C38H22Cl4N12. The first-order valence-corrected chi connectivity index (χ1v) is 17.8. The summed E-state index contributed by atoms with van der Waals surface area (Å²) >= 11 is 23.8. The molecule has 7 aromatic rings. The highest BCUT2D eigenvalue weighted by molar-refractivity contribution is 6.31. The van der Waals surface area contributed by atoms with E-state index in [1.807, 2.05) is 109 Å². The summed E-state index contributed by atoms with van der Waals surface area (Å²) in [6.07, 6.45) is 8.04. The largest absolute Gasteiger partial charge is 0.355 e. The molecule has 4 N–H and O–H groups in total. The van der Waals surface area contributed by atoms with Crippen molar-refractivity contribution in [2.45, 2.75) is 0 Å². The molecule has 2 aromatic carbocycles. The van der Waals surface area contributed by atoms with Crippen molar-refractivity contribution < 1.29 is 0 Å². The Bertz CT molecular complexity index is 2600. The molecule has 16 heteroatoms. The van der Waals surface area contributed by atoms with Crippen molar-refractivity contribution in [1.82, 2.24) is 49.8 Å². The summed E-state index contributed by atoms with van der Waals surface area (Å²) in [6, 6.07) is 27.9. The van der Waals surface area contributed by atoms with Gasteiger partial charge >= 0.3 is 0 Å². The van der Waals surface area contributed by atoms with Crippen LogP contribution in [0.3, 0.4) is 0 Å². The lowest BCUT2D eigenvalue weighted by molar-refractivity contribution is 1.05. The van der Waals surface area contributed by atoms with E-state index in [9.17, 15) is 0 Å². The first-order valence-electron chi connectivity index (χ1n) is 16.3. The Morgan fingerprint density at radius 2 is 0.796 bits per heavy atom. The van der Waals surface area contributed by atoms with Gasteiger partial charge in [-0.1, -0.05) is 24.3 Å². The molecule has 0 atom stereocenters. The Kier molecular flexibility index (Phi) is 8.72. The number of halogens is 4. The summed E-state index contributed by atoms with van der Waals surface area (Å²) in [4.78, 5) is 41.2. The molecule has 0 radical (unpaired) electrons. The van der Waals surface area contributed by atoms with Gasteiger partial charge in [0.05, 0.1) is 22.8 Å². The smallest absolute Gasteiger partial charge is 0.232 e. The monoisotopic (exact) mass is 786 g/mol. The van der Waals surface area contributed by atoms with Crippen molar-refractivity contribution in [3.05, 3.63) is 129 Å². The van der Waals surface area contributed by atoms with Crippen LogP contribution < -0.4 is 10.6 Å². The minimum atomic E-state index is 0.00231. The highest BCUT2D eigenvalue weighted by atomic mass is 35.5. The molecule has 262 valence electrons. The van der Waals surface area contributed by atoms with E-state index in [4.69, 9.17) is 56.4 Å².